The molecule has 3 nitrogen and oxygen atoms in total. The Morgan fingerprint density at radius 1 is 0.875 bits per heavy atom. The fraction of sp³-hybridized carbons (Fsp3) is 0.321. The summed E-state index contributed by atoms with van der Waals surface area (Å²) in [4.78, 5) is 15.0. The number of aryl methyl sites for hydroxylation is 1. The van der Waals surface area contributed by atoms with Gasteiger partial charge < -0.3 is 10.2 Å². The number of carbonyl (C=O) groups is 1. The number of nitrogens with zero attached hydrogens (tertiary/aromatic N) is 1. The van der Waals surface area contributed by atoms with Crippen molar-refractivity contribution in [3.8, 4) is 11.1 Å². The van der Waals surface area contributed by atoms with Crippen molar-refractivity contribution in [2.45, 2.75) is 32.6 Å². The van der Waals surface area contributed by atoms with Gasteiger partial charge in [-0.1, -0.05) is 60.2 Å². The number of hydrogen-bond acceptors (Lipinski definition) is 2. The van der Waals surface area contributed by atoms with Crippen molar-refractivity contribution in [1.29, 1.82) is 0 Å². The van der Waals surface area contributed by atoms with Crippen molar-refractivity contribution in [3.05, 3.63) is 94.8 Å². The van der Waals surface area contributed by atoms with Gasteiger partial charge in [-0.3, -0.25) is 4.79 Å². The Labute approximate surface area is 190 Å². The molecular weight excluding hydrogens is 399 g/mol. The van der Waals surface area contributed by atoms with E-state index in [2.05, 4.69) is 34.5 Å². The van der Waals surface area contributed by atoms with E-state index >= 15 is 0 Å². The Bertz CT molecular complexity index is 1040. The Morgan fingerprint density at radius 2 is 1.50 bits per heavy atom. The first-order valence-electron chi connectivity index (χ1n) is 11.5. The van der Waals surface area contributed by atoms with Crippen LogP contribution in [0.3, 0.4) is 0 Å². The fourth-order valence-electron chi connectivity index (χ4n) is 4.21. The lowest BCUT2D eigenvalue weighted by Gasteiger charge is -2.14. The number of amides is 1. The summed E-state index contributed by atoms with van der Waals surface area (Å²) in [5.41, 5.74) is 5.46. The van der Waals surface area contributed by atoms with Crippen LogP contribution in [0.25, 0.3) is 11.1 Å². The number of likely N-dealkylation sites (tertiary alicyclic amines) is 1. The molecule has 0 radical (unpaired) electrons. The SMILES string of the molecule is Cc1ccc(-c2ccc(C(=O)NCCc3ccc(CCN4CCCC4)cc3)c(F)c2)cc1. The van der Waals surface area contributed by atoms with Gasteiger partial charge in [0, 0.05) is 13.1 Å². The summed E-state index contributed by atoms with van der Waals surface area (Å²) in [6.45, 7) is 6.08. The average Bonchev–Trinajstić information content (AvgIpc) is 3.32. The van der Waals surface area contributed by atoms with Gasteiger partial charge in [0.25, 0.3) is 5.91 Å². The predicted octanol–water partition coefficient (Wildman–Crippen LogP) is 5.41. The van der Waals surface area contributed by atoms with Gasteiger partial charge >= 0.3 is 0 Å². The average molecular weight is 431 g/mol. The largest absolute Gasteiger partial charge is 0.352 e. The van der Waals surface area contributed by atoms with E-state index in [0.29, 0.717) is 6.54 Å². The van der Waals surface area contributed by atoms with Gasteiger partial charge in [0.05, 0.1) is 5.56 Å². The molecular formula is C28H31FN2O. The number of nitrogens with one attached hydrogen (secondary N) is 1. The third-order valence-corrected chi connectivity index (χ3v) is 6.24. The normalized spacial score (nSPS) is 13.9. The molecule has 0 spiro atoms. The zero-order chi connectivity index (χ0) is 22.3. The van der Waals surface area contributed by atoms with Gasteiger partial charge in [0.2, 0.25) is 0 Å². The van der Waals surface area contributed by atoms with Crippen LogP contribution in [0.4, 0.5) is 4.39 Å². The number of carbonyl (C=O) groups excluding carboxylic acids is 1. The summed E-state index contributed by atoms with van der Waals surface area (Å²) < 4.78 is 14.6. The van der Waals surface area contributed by atoms with Gasteiger partial charge in [-0.25, -0.2) is 4.39 Å². The number of halogens is 1. The Balaban J connectivity index is 1.26. The van der Waals surface area contributed by atoms with Crippen molar-refractivity contribution >= 4 is 5.91 Å². The second kappa shape index (κ2) is 10.6. The third kappa shape index (κ3) is 5.83. The van der Waals surface area contributed by atoms with E-state index in [0.717, 1.165) is 36.1 Å². The standard InChI is InChI=1S/C28H31FN2O/c1-21-4-10-24(11-5-21)25-12-13-26(27(29)20-25)28(32)30-16-14-22-6-8-23(9-7-22)15-19-31-17-2-3-18-31/h4-13,20H,2-3,14-19H2,1H3,(H,30,32). The molecule has 0 unspecified atom stereocenters. The highest BCUT2D eigenvalue weighted by Crippen LogP contribution is 2.22. The molecule has 1 amide bonds. The van der Waals surface area contributed by atoms with E-state index in [1.807, 2.05) is 31.2 Å². The predicted molar refractivity (Wildman–Crippen MR) is 128 cm³/mol. The smallest absolute Gasteiger partial charge is 0.254 e. The zero-order valence-electron chi connectivity index (χ0n) is 18.7. The van der Waals surface area contributed by atoms with Crippen molar-refractivity contribution in [2.75, 3.05) is 26.2 Å². The second-order valence-electron chi connectivity index (χ2n) is 8.68. The molecule has 1 aliphatic rings. The van der Waals surface area contributed by atoms with Crippen LogP contribution < -0.4 is 5.32 Å². The lowest BCUT2D eigenvalue weighted by atomic mass is 10.0. The molecule has 0 atom stereocenters. The molecule has 1 aliphatic heterocycles. The summed E-state index contributed by atoms with van der Waals surface area (Å²) in [5, 5.41) is 2.85. The molecule has 3 aromatic rings. The summed E-state index contributed by atoms with van der Waals surface area (Å²) in [6, 6.07) is 21.3. The van der Waals surface area contributed by atoms with Gasteiger partial charge in [0.15, 0.2) is 0 Å². The van der Waals surface area contributed by atoms with Crippen molar-refractivity contribution in [1.82, 2.24) is 10.2 Å². The van der Waals surface area contributed by atoms with Crippen LogP contribution in [0.1, 0.15) is 39.9 Å². The monoisotopic (exact) mass is 430 g/mol. The molecule has 3 aromatic carbocycles. The zero-order valence-corrected chi connectivity index (χ0v) is 18.7. The Morgan fingerprint density at radius 3 is 2.16 bits per heavy atom. The van der Waals surface area contributed by atoms with Crippen LogP contribution in [0.15, 0.2) is 66.7 Å². The molecule has 0 bridgehead atoms. The van der Waals surface area contributed by atoms with Crippen LogP contribution in [0, 0.1) is 12.7 Å². The molecule has 0 aliphatic carbocycles. The second-order valence-corrected chi connectivity index (χ2v) is 8.68. The summed E-state index contributed by atoms with van der Waals surface area (Å²) >= 11 is 0. The van der Waals surface area contributed by atoms with Crippen LogP contribution >= 0.6 is 0 Å². The highest BCUT2D eigenvalue weighted by atomic mass is 19.1. The molecule has 1 heterocycles. The minimum Gasteiger partial charge on any atom is -0.352 e. The summed E-state index contributed by atoms with van der Waals surface area (Å²) in [6.07, 6.45) is 4.45. The van der Waals surface area contributed by atoms with Gasteiger partial charge in [0.1, 0.15) is 5.82 Å². The maximum atomic E-state index is 14.6. The van der Waals surface area contributed by atoms with Crippen LogP contribution in [-0.2, 0) is 12.8 Å². The van der Waals surface area contributed by atoms with E-state index in [9.17, 15) is 9.18 Å². The van der Waals surface area contributed by atoms with Gasteiger partial charge in [-0.15, -0.1) is 0 Å². The van der Waals surface area contributed by atoms with E-state index in [1.165, 1.54) is 43.1 Å². The van der Waals surface area contributed by atoms with Crippen LogP contribution in [-0.4, -0.2) is 37.0 Å². The molecule has 0 saturated carbocycles. The molecule has 1 saturated heterocycles. The fourth-order valence-corrected chi connectivity index (χ4v) is 4.21. The molecule has 4 rings (SSSR count). The molecule has 32 heavy (non-hydrogen) atoms. The Kier molecular flexibility index (Phi) is 7.33. The van der Waals surface area contributed by atoms with Gasteiger partial charge in [-0.2, -0.15) is 0 Å². The number of rotatable bonds is 8. The quantitative estimate of drug-likeness (QED) is 0.518. The molecule has 4 heteroatoms. The number of benzene rings is 3. The van der Waals surface area contributed by atoms with E-state index in [4.69, 9.17) is 0 Å². The van der Waals surface area contributed by atoms with Crippen molar-refractivity contribution in [2.24, 2.45) is 0 Å². The molecule has 1 fully saturated rings. The first-order chi connectivity index (χ1) is 15.6. The molecule has 1 N–H and O–H groups in total. The highest BCUT2D eigenvalue weighted by molar-refractivity contribution is 5.95. The highest BCUT2D eigenvalue weighted by Gasteiger charge is 2.13. The summed E-state index contributed by atoms with van der Waals surface area (Å²) in [7, 11) is 0. The van der Waals surface area contributed by atoms with Crippen LogP contribution in [0.2, 0.25) is 0 Å². The van der Waals surface area contributed by atoms with Crippen LogP contribution in [0.5, 0.6) is 0 Å². The van der Waals surface area contributed by atoms with E-state index < -0.39 is 5.82 Å². The van der Waals surface area contributed by atoms with E-state index in [-0.39, 0.29) is 11.5 Å². The lowest BCUT2D eigenvalue weighted by Crippen LogP contribution is -2.26. The van der Waals surface area contributed by atoms with Crippen molar-refractivity contribution in [3.63, 3.8) is 0 Å². The molecule has 0 aromatic heterocycles. The first kappa shape index (κ1) is 22.2. The van der Waals surface area contributed by atoms with Crippen molar-refractivity contribution < 1.29 is 9.18 Å². The lowest BCUT2D eigenvalue weighted by molar-refractivity contribution is 0.0950. The maximum Gasteiger partial charge on any atom is 0.254 e. The minimum atomic E-state index is -0.497. The Hall–Kier alpha value is -2.98. The molecule has 166 valence electrons. The topological polar surface area (TPSA) is 32.3 Å². The van der Waals surface area contributed by atoms with E-state index in [1.54, 1.807) is 12.1 Å². The van der Waals surface area contributed by atoms with Gasteiger partial charge in [-0.05, 0) is 80.1 Å². The third-order valence-electron chi connectivity index (χ3n) is 6.24. The maximum absolute atomic E-state index is 14.6. The first-order valence-corrected chi connectivity index (χ1v) is 11.5. The minimum absolute atomic E-state index is 0.0816. The number of hydrogen-bond donors (Lipinski definition) is 1. The summed E-state index contributed by atoms with van der Waals surface area (Å²) in [5.74, 6) is -0.872.